The molecule has 1 aromatic heterocycles. The normalized spacial score (nSPS) is 16.2. The standard InChI is InChI=1S/C19H19N3O4S/c1-11-3-5-14(7-12(11)2)21-17(23)16-9-27-10-22(16)18(24)13-4-6-15(19(25)26)20-8-13/h3-8,16H,9-10H2,1-2H3,(H,21,23)(H,25,26). The number of rotatable bonds is 4. The fraction of sp³-hybridized carbons (Fsp3) is 0.263. The molecule has 2 heterocycles. The summed E-state index contributed by atoms with van der Waals surface area (Å²) < 4.78 is 0. The number of amides is 2. The molecular weight excluding hydrogens is 366 g/mol. The average molecular weight is 385 g/mol. The molecule has 2 aromatic rings. The van der Waals surface area contributed by atoms with Crippen molar-refractivity contribution in [1.29, 1.82) is 0 Å². The van der Waals surface area contributed by atoms with Gasteiger partial charge in [0.15, 0.2) is 0 Å². The van der Waals surface area contributed by atoms with E-state index < -0.39 is 12.0 Å². The second-order valence-corrected chi connectivity index (χ2v) is 7.32. The first-order valence-corrected chi connectivity index (χ1v) is 9.48. The van der Waals surface area contributed by atoms with Gasteiger partial charge in [-0.2, -0.15) is 0 Å². The van der Waals surface area contributed by atoms with Crippen LogP contribution in [0.1, 0.15) is 32.0 Å². The molecule has 0 bridgehead atoms. The highest BCUT2D eigenvalue weighted by Crippen LogP contribution is 2.25. The van der Waals surface area contributed by atoms with Gasteiger partial charge in [-0.25, -0.2) is 9.78 Å². The molecule has 2 amide bonds. The number of aromatic carboxylic acids is 1. The van der Waals surface area contributed by atoms with Gasteiger partial charge in [0.2, 0.25) is 5.91 Å². The molecule has 1 atom stereocenters. The number of carboxylic acids is 1. The van der Waals surface area contributed by atoms with Crippen LogP contribution in [0.3, 0.4) is 0 Å². The third-order valence-corrected chi connectivity index (χ3v) is 5.46. The van der Waals surface area contributed by atoms with Crippen LogP contribution in [0.2, 0.25) is 0 Å². The summed E-state index contributed by atoms with van der Waals surface area (Å²) in [7, 11) is 0. The van der Waals surface area contributed by atoms with Crippen molar-refractivity contribution in [3.63, 3.8) is 0 Å². The van der Waals surface area contributed by atoms with E-state index >= 15 is 0 Å². The lowest BCUT2D eigenvalue weighted by molar-refractivity contribution is -0.119. The van der Waals surface area contributed by atoms with Crippen molar-refractivity contribution in [1.82, 2.24) is 9.88 Å². The Bertz CT molecular complexity index is 898. The Morgan fingerprint density at radius 3 is 2.59 bits per heavy atom. The number of thioether (sulfide) groups is 1. The fourth-order valence-electron chi connectivity index (χ4n) is 2.72. The molecule has 27 heavy (non-hydrogen) atoms. The summed E-state index contributed by atoms with van der Waals surface area (Å²) in [6, 6.07) is 7.78. The van der Waals surface area contributed by atoms with Gasteiger partial charge in [0.25, 0.3) is 5.91 Å². The minimum Gasteiger partial charge on any atom is -0.477 e. The van der Waals surface area contributed by atoms with Gasteiger partial charge >= 0.3 is 5.97 Å². The number of anilines is 1. The molecule has 7 nitrogen and oxygen atoms in total. The van der Waals surface area contributed by atoms with Crippen LogP contribution in [0.25, 0.3) is 0 Å². The summed E-state index contributed by atoms with van der Waals surface area (Å²) in [5.74, 6) is -0.846. The highest BCUT2D eigenvalue weighted by Gasteiger charge is 2.35. The van der Waals surface area contributed by atoms with E-state index in [-0.39, 0.29) is 23.1 Å². The van der Waals surface area contributed by atoms with Crippen molar-refractivity contribution >= 4 is 35.2 Å². The van der Waals surface area contributed by atoms with E-state index in [2.05, 4.69) is 10.3 Å². The highest BCUT2D eigenvalue weighted by molar-refractivity contribution is 7.99. The number of carboxylic acid groups (broad SMARTS) is 1. The summed E-state index contributed by atoms with van der Waals surface area (Å²) in [6.45, 7) is 3.97. The van der Waals surface area contributed by atoms with Crippen molar-refractivity contribution in [3.05, 3.63) is 58.9 Å². The first-order chi connectivity index (χ1) is 12.9. The number of nitrogens with zero attached hydrogens (tertiary/aromatic N) is 2. The van der Waals surface area contributed by atoms with Crippen molar-refractivity contribution in [2.75, 3.05) is 16.9 Å². The maximum atomic E-state index is 12.7. The number of aryl methyl sites for hydroxylation is 2. The van der Waals surface area contributed by atoms with Gasteiger partial charge in [0, 0.05) is 17.6 Å². The van der Waals surface area contributed by atoms with Crippen molar-refractivity contribution < 1.29 is 19.5 Å². The third-order valence-electron chi connectivity index (χ3n) is 4.45. The number of hydrogen-bond donors (Lipinski definition) is 2. The summed E-state index contributed by atoms with van der Waals surface area (Å²) in [5.41, 5.74) is 3.03. The molecule has 0 radical (unpaired) electrons. The predicted octanol–water partition coefficient (Wildman–Crippen LogP) is 2.55. The molecule has 1 saturated heterocycles. The summed E-state index contributed by atoms with van der Waals surface area (Å²) in [4.78, 5) is 41.6. The number of benzene rings is 1. The lowest BCUT2D eigenvalue weighted by atomic mass is 10.1. The monoisotopic (exact) mass is 385 g/mol. The average Bonchev–Trinajstić information content (AvgIpc) is 3.14. The Labute approximate surface area is 160 Å². The van der Waals surface area contributed by atoms with Crippen LogP contribution >= 0.6 is 11.8 Å². The molecule has 2 N–H and O–H groups in total. The number of pyridine rings is 1. The van der Waals surface area contributed by atoms with Gasteiger partial charge < -0.3 is 15.3 Å². The zero-order valence-corrected chi connectivity index (χ0v) is 15.7. The minimum atomic E-state index is -1.16. The van der Waals surface area contributed by atoms with Gasteiger partial charge in [-0.3, -0.25) is 9.59 Å². The molecule has 140 valence electrons. The van der Waals surface area contributed by atoms with Gasteiger partial charge in [-0.05, 0) is 49.2 Å². The Morgan fingerprint density at radius 1 is 1.19 bits per heavy atom. The van der Waals surface area contributed by atoms with Crippen LogP contribution in [-0.2, 0) is 4.79 Å². The number of nitrogens with one attached hydrogen (secondary N) is 1. The number of carbonyl (C=O) groups excluding carboxylic acids is 2. The molecule has 8 heteroatoms. The molecular formula is C19H19N3O4S. The molecule has 1 aromatic carbocycles. The van der Waals surface area contributed by atoms with E-state index in [4.69, 9.17) is 5.11 Å². The van der Waals surface area contributed by atoms with Crippen molar-refractivity contribution in [2.45, 2.75) is 19.9 Å². The van der Waals surface area contributed by atoms with Crippen LogP contribution < -0.4 is 5.32 Å². The summed E-state index contributed by atoms with van der Waals surface area (Å²) in [6.07, 6.45) is 1.23. The van der Waals surface area contributed by atoms with Crippen molar-refractivity contribution in [3.8, 4) is 0 Å². The van der Waals surface area contributed by atoms with Crippen LogP contribution in [0, 0.1) is 13.8 Å². The van der Waals surface area contributed by atoms with E-state index in [1.54, 1.807) is 0 Å². The zero-order chi connectivity index (χ0) is 19.6. The van der Waals surface area contributed by atoms with Crippen molar-refractivity contribution in [2.24, 2.45) is 0 Å². The number of aromatic nitrogens is 1. The second-order valence-electron chi connectivity index (χ2n) is 6.32. The Kier molecular flexibility index (Phi) is 5.46. The summed E-state index contributed by atoms with van der Waals surface area (Å²) >= 11 is 1.50. The van der Waals surface area contributed by atoms with Gasteiger partial charge in [-0.1, -0.05) is 6.07 Å². The van der Waals surface area contributed by atoms with Gasteiger partial charge in [0.1, 0.15) is 11.7 Å². The van der Waals surface area contributed by atoms with E-state index in [0.29, 0.717) is 17.3 Å². The van der Waals surface area contributed by atoms with E-state index in [1.165, 1.54) is 35.0 Å². The van der Waals surface area contributed by atoms with Crippen LogP contribution in [0.5, 0.6) is 0 Å². The SMILES string of the molecule is Cc1ccc(NC(=O)C2CSCN2C(=O)c2ccc(C(=O)O)nc2)cc1C. The molecule has 0 saturated carbocycles. The van der Waals surface area contributed by atoms with E-state index in [0.717, 1.165) is 11.1 Å². The molecule has 0 spiro atoms. The lowest BCUT2D eigenvalue weighted by Gasteiger charge is -2.23. The smallest absolute Gasteiger partial charge is 0.354 e. The molecule has 3 rings (SSSR count). The van der Waals surface area contributed by atoms with Crippen LogP contribution in [0.15, 0.2) is 36.5 Å². The fourth-order valence-corrected chi connectivity index (χ4v) is 3.87. The second kappa shape index (κ2) is 7.79. The maximum Gasteiger partial charge on any atom is 0.354 e. The summed E-state index contributed by atoms with van der Waals surface area (Å²) in [5, 5.41) is 11.8. The van der Waals surface area contributed by atoms with Gasteiger partial charge in [0.05, 0.1) is 11.4 Å². The largest absolute Gasteiger partial charge is 0.477 e. The first-order valence-electron chi connectivity index (χ1n) is 8.33. The minimum absolute atomic E-state index is 0.133. The Hall–Kier alpha value is -2.87. The molecule has 1 unspecified atom stereocenters. The molecule has 1 aliphatic heterocycles. The topological polar surface area (TPSA) is 99.6 Å². The quantitative estimate of drug-likeness (QED) is 0.839. The zero-order valence-electron chi connectivity index (χ0n) is 14.9. The van der Waals surface area contributed by atoms with Crippen LogP contribution in [0.4, 0.5) is 5.69 Å². The first kappa shape index (κ1) is 18.9. The van der Waals surface area contributed by atoms with E-state index in [9.17, 15) is 14.4 Å². The molecule has 1 fully saturated rings. The third kappa shape index (κ3) is 4.11. The predicted molar refractivity (Wildman–Crippen MR) is 103 cm³/mol. The molecule has 0 aliphatic carbocycles. The van der Waals surface area contributed by atoms with Gasteiger partial charge in [-0.15, -0.1) is 11.8 Å². The number of carbonyl (C=O) groups is 3. The molecule has 1 aliphatic rings. The van der Waals surface area contributed by atoms with Crippen LogP contribution in [-0.4, -0.2) is 50.4 Å². The number of hydrogen-bond acceptors (Lipinski definition) is 5. The maximum absolute atomic E-state index is 12.7. The lowest BCUT2D eigenvalue weighted by Crippen LogP contribution is -2.44. The Balaban J connectivity index is 1.73. The highest BCUT2D eigenvalue weighted by atomic mass is 32.2. The Morgan fingerprint density at radius 2 is 1.96 bits per heavy atom. The van der Waals surface area contributed by atoms with E-state index in [1.807, 2.05) is 32.0 Å².